The average Bonchev–Trinajstić information content (AvgIpc) is 1.99. The van der Waals surface area contributed by atoms with Gasteiger partial charge in [0.2, 0.25) is 0 Å². The first kappa shape index (κ1) is 16.8. The topological polar surface area (TPSA) is 101 Å². The molecule has 0 aliphatic heterocycles. The van der Waals surface area contributed by atoms with Crippen molar-refractivity contribution in [2.45, 2.75) is 25.6 Å². The standard InChI is InChI=1S/C6H11NO2.C2HF3O2/c1-6(2,7)4-3-5(8)9;3-2(4,5)1(6)7/h3-4H,7H2,1-2H3,(H,8,9);(H,6,7). The van der Waals surface area contributed by atoms with Crippen molar-refractivity contribution in [2.24, 2.45) is 5.73 Å². The van der Waals surface area contributed by atoms with E-state index in [4.69, 9.17) is 20.7 Å². The third-order valence-electron chi connectivity index (χ3n) is 0.898. The first-order valence-electron chi connectivity index (χ1n) is 3.87. The normalized spacial score (nSPS) is 11.9. The molecule has 0 amide bonds. The third kappa shape index (κ3) is 14.9. The number of nitrogens with two attached hydrogens (primary N) is 1. The molecule has 0 unspecified atom stereocenters. The number of hydrogen-bond donors (Lipinski definition) is 3. The van der Waals surface area contributed by atoms with Crippen molar-refractivity contribution in [3.8, 4) is 0 Å². The van der Waals surface area contributed by atoms with Gasteiger partial charge in [-0.15, -0.1) is 0 Å². The predicted octanol–water partition coefficient (Wildman–Crippen LogP) is 0.998. The summed E-state index contributed by atoms with van der Waals surface area (Å²) in [4.78, 5) is 18.8. The molecule has 0 aliphatic carbocycles. The second-order valence-corrected chi connectivity index (χ2v) is 3.30. The van der Waals surface area contributed by atoms with E-state index in [9.17, 15) is 18.0 Å². The van der Waals surface area contributed by atoms with E-state index in [0.717, 1.165) is 6.08 Å². The number of carbonyl (C=O) groups is 2. The molecule has 0 radical (unpaired) electrons. The average molecular weight is 243 g/mol. The smallest absolute Gasteiger partial charge is 0.478 e. The van der Waals surface area contributed by atoms with E-state index in [2.05, 4.69) is 0 Å². The summed E-state index contributed by atoms with van der Waals surface area (Å²) in [5.74, 6) is -3.72. The van der Waals surface area contributed by atoms with E-state index < -0.39 is 23.7 Å². The molecule has 4 N–H and O–H groups in total. The predicted molar refractivity (Wildman–Crippen MR) is 48.7 cm³/mol. The fourth-order valence-corrected chi connectivity index (χ4v) is 0.286. The van der Waals surface area contributed by atoms with Crippen molar-refractivity contribution in [1.29, 1.82) is 0 Å². The number of halogens is 3. The molecule has 0 fully saturated rings. The molecule has 16 heavy (non-hydrogen) atoms. The van der Waals surface area contributed by atoms with Crippen LogP contribution in [0.25, 0.3) is 0 Å². The highest BCUT2D eigenvalue weighted by Gasteiger charge is 2.38. The Morgan fingerprint density at radius 2 is 1.50 bits per heavy atom. The molecule has 8 heteroatoms. The van der Waals surface area contributed by atoms with Gasteiger partial charge in [-0.3, -0.25) is 0 Å². The maximum absolute atomic E-state index is 10.6. The lowest BCUT2D eigenvalue weighted by Gasteiger charge is -2.10. The minimum absolute atomic E-state index is 0.529. The molecule has 0 aromatic carbocycles. The maximum Gasteiger partial charge on any atom is 0.490 e. The zero-order valence-electron chi connectivity index (χ0n) is 8.58. The quantitative estimate of drug-likeness (QED) is 0.628. The molecule has 0 saturated heterocycles. The lowest BCUT2D eigenvalue weighted by molar-refractivity contribution is -0.192. The molecule has 5 nitrogen and oxygen atoms in total. The number of aliphatic carboxylic acids is 2. The van der Waals surface area contributed by atoms with E-state index in [1.807, 2.05) is 0 Å². The van der Waals surface area contributed by atoms with Crippen LogP contribution in [0.5, 0.6) is 0 Å². The van der Waals surface area contributed by atoms with Crippen LogP contribution in [0.2, 0.25) is 0 Å². The molecule has 0 bridgehead atoms. The summed E-state index contributed by atoms with van der Waals surface area (Å²) < 4.78 is 31.7. The van der Waals surface area contributed by atoms with Gasteiger partial charge in [0.25, 0.3) is 0 Å². The lowest BCUT2D eigenvalue weighted by Crippen LogP contribution is -2.28. The number of hydrogen-bond acceptors (Lipinski definition) is 3. The van der Waals surface area contributed by atoms with Gasteiger partial charge in [0, 0.05) is 11.6 Å². The zero-order valence-corrected chi connectivity index (χ0v) is 8.58. The lowest BCUT2D eigenvalue weighted by atomic mass is 10.1. The number of carboxylic acid groups (broad SMARTS) is 2. The van der Waals surface area contributed by atoms with Gasteiger partial charge >= 0.3 is 18.1 Å². The van der Waals surface area contributed by atoms with Crippen LogP contribution in [0.4, 0.5) is 13.2 Å². The van der Waals surface area contributed by atoms with Crippen molar-refractivity contribution < 1.29 is 33.0 Å². The number of alkyl halides is 3. The molecule has 94 valence electrons. The van der Waals surface area contributed by atoms with Gasteiger partial charge in [-0.05, 0) is 13.8 Å². The summed E-state index contributed by atoms with van der Waals surface area (Å²) in [6.07, 6.45) is -2.60. The second kappa shape index (κ2) is 6.11. The molecule has 0 aromatic heterocycles. The Kier molecular flexibility index (Phi) is 6.43. The molecular weight excluding hydrogens is 231 g/mol. The minimum atomic E-state index is -5.08. The Hall–Kier alpha value is -1.57. The highest BCUT2D eigenvalue weighted by Crippen LogP contribution is 2.13. The van der Waals surface area contributed by atoms with Crippen LogP contribution in [-0.4, -0.2) is 33.9 Å². The first-order valence-corrected chi connectivity index (χ1v) is 3.87. The van der Waals surface area contributed by atoms with Gasteiger partial charge in [0.15, 0.2) is 0 Å². The Morgan fingerprint density at radius 3 is 1.56 bits per heavy atom. The van der Waals surface area contributed by atoms with E-state index in [1.54, 1.807) is 13.8 Å². The maximum atomic E-state index is 10.6. The van der Waals surface area contributed by atoms with E-state index >= 15 is 0 Å². The van der Waals surface area contributed by atoms with Crippen molar-refractivity contribution in [3.05, 3.63) is 12.2 Å². The molecule has 0 aliphatic rings. The largest absolute Gasteiger partial charge is 0.490 e. The molecule has 0 spiro atoms. The van der Waals surface area contributed by atoms with Crippen LogP contribution in [0.15, 0.2) is 12.2 Å². The summed E-state index contributed by atoms with van der Waals surface area (Å²) >= 11 is 0. The van der Waals surface area contributed by atoms with Gasteiger partial charge in [0.1, 0.15) is 0 Å². The molecule has 0 rings (SSSR count). The van der Waals surface area contributed by atoms with Crippen molar-refractivity contribution in [3.63, 3.8) is 0 Å². The highest BCUT2D eigenvalue weighted by atomic mass is 19.4. The van der Waals surface area contributed by atoms with Crippen LogP contribution >= 0.6 is 0 Å². The van der Waals surface area contributed by atoms with Gasteiger partial charge in [-0.25, -0.2) is 9.59 Å². The summed E-state index contributed by atoms with van der Waals surface area (Å²) in [7, 11) is 0. The first-order chi connectivity index (χ1) is 6.86. The Balaban J connectivity index is 0. The monoisotopic (exact) mass is 243 g/mol. The zero-order chi connectivity index (χ0) is 13.6. The molecule has 0 aromatic rings. The van der Waals surface area contributed by atoms with Crippen LogP contribution in [-0.2, 0) is 9.59 Å². The van der Waals surface area contributed by atoms with E-state index in [-0.39, 0.29) is 0 Å². The Bertz CT molecular complexity index is 278. The summed E-state index contributed by atoms with van der Waals surface area (Å²) in [5.41, 5.74) is 4.90. The van der Waals surface area contributed by atoms with Crippen LogP contribution < -0.4 is 5.73 Å². The number of rotatable bonds is 2. The van der Waals surface area contributed by atoms with Gasteiger partial charge in [0.05, 0.1) is 0 Å². The summed E-state index contributed by atoms with van der Waals surface area (Å²) in [5, 5.41) is 15.3. The van der Waals surface area contributed by atoms with Gasteiger partial charge < -0.3 is 15.9 Å². The van der Waals surface area contributed by atoms with Crippen LogP contribution in [0.1, 0.15) is 13.8 Å². The Morgan fingerprint density at radius 1 is 1.19 bits per heavy atom. The third-order valence-corrected chi connectivity index (χ3v) is 0.898. The van der Waals surface area contributed by atoms with Crippen LogP contribution in [0.3, 0.4) is 0 Å². The van der Waals surface area contributed by atoms with Crippen molar-refractivity contribution >= 4 is 11.9 Å². The molecule has 0 heterocycles. The van der Waals surface area contributed by atoms with Crippen LogP contribution in [0, 0.1) is 0 Å². The molecular formula is C8H12F3NO4. The summed E-state index contributed by atoms with van der Waals surface area (Å²) in [6, 6.07) is 0. The van der Waals surface area contributed by atoms with Gasteiger partial charge in [-0.1, -0.05) is 6.08 Å². The SMILES string of the molecule is CC(C)(N)C=CC(=O)O.O=C(O)C(F)(F)F. The van der Waals surface area contributed by atoms with E-state index in [0.29, 0.717) is 0 Å². The fourth-order valence-electron chi connectivity index (χ4n) is 0.286. The minimum Gasteiger partial charge on any atom is -0.478 e. The highest BCUT2D eigenvalue weighted by molar-refractivity contribution is 5.79. The van der Waals surface area contributed by atoms with E-state index in [1.165, 1.54) is 6.08 Å². The molecule has 0 saturated carbocycles. The number of carboxylic acids is 2. The summed E-state index contributed by atoms with van der Waals surface area (Å²) in [6.45, 7) is 3.46. The molecule has 0 atom stereocenters. The van der Waals surface area contributed by atoms with Gasteiger partial charge in [-0.2, -0.15) is 13.2 Å². The Labute approximate surface area is 89.4 Å². The van der Waals surface area contributed by atoms with Crippen molar-refractivity contribution in [2.75, 3.05) is 0 Å². The fraction of sp³-hybridized carbons (Fsp3) is 0.500. The second-order valence-electron chi connectivity index (χ2n) is 3.30. The van der Waals surface area contributed by atoms with Crippen molar-refractivity contribution in [1.82, 2.24) is 0 Å².